The quantitative estimate of drug-likeness (QED) is 0.580. The molecule has 4 aromatic rings. The number of aromatic nitrogens is 2. The maximum Gasteiger partial charge on any atom is 0.279 e. The van der Waals surface area contributed by atoms with Gasteiger partial charge in [0.05, 0.1) is 11.1 Å². The number of hydrogen-bond donors (Lipinski definition) is 1. The number of carbonyl (C=O) groups is 1. The van der Waals surface area contributed by atoms with E-state index < -0.39 is 0 Å². The van der Waals surface area contributed by atoms with Gasteiger partial charge in [0.15, 0.2) is 5.69 Å². The van der Waals surface area contributed by atoms with Gasteiger partial charge in [-0.2, -0.15) is 9.78 Å². The van der Waals surface area contributed by atoms with Crippen LogP contribution in [0.3, 0.4) is 0 Å². The van der Waals surface area contributed by atoms with Gasteiger partial charge in [-0.25, -0.2) is 0 Å². The van der Waals surface area contributed by atoms with Crippen molar-refractivity contribution < 1.29 is 4.79 Å². The van der Waals surface area contributed by atoms with E-state index in [4.69, 9.17) is 0 Å². The zero-order valence-corrected chi connectivity index (χ0v) is 15.8. The minimum Gasteiger partial charge on any atom is -0.321 e. The lowest BCUT2D eigenvalue weighted by Crippen LogP contribution is -2.26. The second kappa shape index (κ2) is 7.02. The monoisotopic (exact) mass is 381 g/mol. The molecule has 5 heteroatoms. The molecule has 0 radical (unpaired) electrons. The number of carbonyl (C=O) groups excluding carboxylic acids is 1. The van der Waals surface area contributed by atoms with Crippen LogP contribution in [0.5, 0.6) is 0 Å². The molecule has 0 saturated heterocycles. The summed E-state index contributed by atoms with van der Waals surface area (Å²) in [6.07, 6.45) is 3.29. The fourth-order valence-corrected chi connectivity index (χ4v) is 3.94. The van der Waals surface area contributed by atoms with Crippen LogP contribution in [0.2, 0.25) is 0 Å². The van der Waals surface area contributed by atoms with Crippen LogP contribution in [0.25, 0.3) is 16.5 Å². The van der Waals surface area contributed by atoms with E-state index >= 15 is 0 Å². The van der Waals surface area contributed by atoms with Crippen LogP contribution in [-0.2, 0) is 12.8 Å². The van der Waals surface area contributed by atoms with Crippen LogP contribution < -0.4 is 10.9 Å². The highest BCUT2D eigenvalue weighted by Gasteiger charge is 2.18. The number of hydrogen-bond acceptors (Lipinski definition) is 3. The molecular formula is C24H19N3O2. The van der Waals surface area contributed by atoms with Crippen LogP contribution >= 0.6 is 0 Å². The first kappa shape index (κ1) is 17.4. The Labute approximate surface area is 167 Å². The summed E-state index contributed by atoms with van der Waals surface area (Å²) < 4.78 is 1.29. The lowest BCUT2D eigenvalue weighted by atomic mass is 10.1. The first-order valence-electron chi connectivity index (χ1n) is 9.71. The second-order valence-electron chi connectivity index (χ2n) is 7.24. The van der Waals surface area contributed by atoms with E-state index in [-0.39, 0.29) is 17.2 Å². The molecule has 1 aliphatic carbocycles. The van der Waals surface area contributed by atoms with Gasteiger partial charge in [-0.15, -0.1) is 0 Å². The number of para-hydroxylation sites is 1. The molecule has 0 fully saturated rings. The molecule has 0 saturated carbocycles. The average Bonchev–Trinajstić information content (AvgIpc) is 3.23. The predicted octanol–water partition coefficient (Wildman–Crippen LogP) is 4.13. The molecule has 0 spiro atoms. The summed E-state index contributed by atoms with van der Waals surface area (Å²) in [7, 11) is 0. The molecule has 0 atom stereocenters. The van der Waals surface area contributed by atoms with Crippen molar-refractivity contribution in [1.29, 1.82) is 0 Å². The van der Waals surface area contributed by atoms with Gasteiger partial charge >= 0.3 is 0 Å². The Hall–Kier alpha value is -3.73. The Morgan fingerprint density at radius 2 is 1.59 bits per heavy atom. The number of amides is 1. The summed E-state index contributed by atoms with van der Waals surface area (Å²) in [5, 5.41) is 8.40. The molecule has 5 rings (SSSR count). The fraction of sp³-hybridized carbons (Fsp3) is 0.125. The van der Waals surface area contributed by atoms with Crippen molar-refractivity contribution in [2.75, 3.05) is 5.32 Å². The molecule has 1 amide bonds. The SMILES string of the molecule is O=C(Nc1ccc2c(c1)CCC2)c1nn(-c2ccccc2)c(=O)c2ccccc12. The summed E-state index contributed by atoms with van der Waals surface area (Å²) >= 11 is 0. The van der Waals surface area contributed by atoms with Crippen molar-refractivity contribution in [2.24, 2.45) is 0 Å². The van der Waals surface area contributed by atoms with Gasteiger partial charge in [-0.1, -0.05) is 42.5 Å². The zero-order chi connectivity index (χ0) is 19.8. The van der Waals surface area contributed by atoms with Crippen LogP contribution in [0.1, 0.15) is 28.0 Å². The van der Waals surface area contributed by atoms with Crippen molar-refractivity contribution >= 4 is 22.4 Å². The van der Waals surface area contributed by atoms with Crippen molar-refractivity contribution in [3.63, 3.8) is 0 Å². The molecule has 3 aromatic carbocycles. The normalized spacial score (nSPS) is 12.7. The van der Waals surface area contributed by atoms with Crippen LogP contribution in [-0.4, -0.2) is 15.7 Å². The van der Waals surface area contributed by atoms with Gasteiger partial charge in [-0.05, 0) is 60.7 Å². The molecule has 1 aliphatic rings. The molecule has 5 nitrogen and oxygen atoms in total. The van der Waals surface area contributed by atoms with E-state index in [1.807, 2.05) is 36.4 Å². The van der Waals surface area contributed by atoms with Crippen molar-refractivity contribution in [3.05, 3.63) is 100.0 Å². The van der Waals surface area contributed by atoms with Gasteiger partial charge in [0, 0.05) is 11.1 Å². The van der Waals surface area contributed by atoms with E-state index in [1.165, 1.54) is 15.8 Å². The van der Waals surface area contributed by atoms with Crippen molar-refractivity contribution in [1.82, 2.24) is 9.78 Å². The molecule has 142 valence electrons. The summed E-state index contributed by atoms with van der Waals surface area (Å²) in [5.74, 6) is -0.330. The van der Waals surface area contributed by atoms with Crippen molar-refractivity contribution in [3.8, 4) is 5.69 Å². The predicted molar refractivity (Wildman–Crippen MR) is 114 cm³/mol. The van der Waals surface area contributed by atoms with Crippen LogP contribution in [0.15, 0.2) is 77.6 Å². The third-order valence-corrected chi connectivity index (χ3v) is 5.38. The molecule has 0 aliphatic heterocycles. The van der Waals surface area contributed by atoms with Gasteiger partial charge in [0.1, 0.15) is 0 Å². The Kier molecular flexibility index (Phi) is 4.21. The van der Waals surface area contributed by atoms with Crippen LogP contribution in [0.4, 0.5) is 5.69 Å². The van der Waals surface area contributed by atoms with Crippen LogP contribution in [0, 0.1) is 0 Å². The van der Waals surface area contributed by atoms with Gasteiger partial charge in [0.2, 0.25) is 0 Å². The Balaban J connectivity index is 1.61. The first-order valence-corrected chi connectivity index (χ1v) is 9.71. The van der Waals surface area contributed by atoms with E-state index in [0.717, 1.165) is 24.9 Å². The largest absolute Gasteiger partial charge is 0.321 e. The van der Waals surface area contributed by atoms with Gasteiger partial charge < -0.3 is 5.32 Å². The average molecular weight is 381 g/mol. The number of fused-ring (bicyclic) bond motifs is 2. The smallest absolute Gasteiger partial charge is 0.279 e. The molecule has 1 N–H and O–H groups in total. The maximum absolute atomic E-state index is 13.1. The number of aryl methyl sites for hydroxylation is 2. The van der Waals surface area contributed by atoms with E-state index in [0.29, 0.717) is 16.5 Å². The number of nitrogens with zero attached hydrogens (tertiary/aromatic N) is 2. The third-order valence-electron chi connectivity index (χ3n) is 5.38. The molecule has 1 aromatic heterocycles. The number of anilines is 1. The van der Waals surface area contributed by atoms with Gasteiger partial charge in [0.25, 0.3) is 11.5 Å². The number of benzene rings is 3. The molecule has 29 heavy (non-hydrogen) atoms. The molecular weight excluding hydrogens is 362 g/mol. The number of nitrogens with one attached hydrogen (secondary N) is 1. The topological polar surface area (TPSA) is 64.0 Å². The highest BCUT2D eigenvalue weighted by atomic mass is 16.2. The number of rotatable bonds is 3. The highest BCUT2D eigenvalue weighted by Crippen LogP contribution is 2.25. The minimum atomic E-state index is -0.330. The summed E-state index contributed by atoms with van der Waals surface area (Å²) in [6.45, 7) is 0. The lowest BCUT2D eigenvalue weighted by Gasteiger charge is -2.12. The first-order chi connectivity index (χ1) is 14.2. The Morgan fingerprint density at radius 1 is 0.862 bits per heavy atom. The Morgan fingerprint density at radius 3 is 2.41 bits per heavy atom. The standard InChI is InChI=1S/C24H19N3O2/c28-23(25-18-14-13-16-7-6-8-17(16)15-18)22-20-11-4-5-12-21(20)24(29)27(26-22)19-9-2-1-3-10-19/h1-5,9-15H,6-8H2,(H,25,28). The second-order valence-corrected chi connectivity index (χ2v) is 7.24. The lowest BCUT2D eigenvalue weighted by molar-refractivity contribution is 0.102. The van der Waals surface area contributed by atoms with E-state index in [9.17, 15) is 9.59 Å². The molecule has 1 heterocycles. The summed E-state index contributed by atoms with van der Waals surface area (Å²) in [4.78, 5) is 26.1. The highest BCUT2D eigenvalue weighted by molar-refractivity contribution is 6.11. The summed E-state index contributed by atoms with van der Waals surface area (Å²) in [6, 6.07) is 22.3. The van der Waals surface area contributed by atoms with E-state index in [2.05, 4.69) is 16.5 Å². The van der Waals surface area contributed by atoms with Gasteiger partial charge in [-0.3, -0.25) is 9.59 Å². The third kappa shape index (κ3) is 3.10. The molecule has 0 unspecified atom stereocenters. The van der Waals surface area contributed by atoms with E-state index in [1.54, 1.807) is 30.3 Å². The zero-order valence-electron chi connectivity index (χ0n) is 15.8. The van der Waals surface area contributed by atoms with Crippen molar-refractivity contribution in [2.45, 2.75) is 19.3 Å². The molecule has 0 bridgehead atoms. The Bertz CT molecular complexity index is 1290. The maximum atomic E-state index is 13.1. The minimum absolute atomic E-state index is 0.226. The summed E-state index contributed by atoms with van der Waals surface area (Å²) in [5.41, 5.74) is 3.98. The fourth-order valence-electron chi connectivity index (χ4n) is 3.94.